The molecule has 0 aromatic heterocycles. The summed E-state index contributed by atoms with van der Waals surface area (Å²) in [5.74, 6) is 0.438. The third-order valence-corrected chi connectivity index (χ3v) is 5.44. The van der Waals surface area contributed by atoms with E-state index >= 15 is 0 Å². The second-order valence-electron chi connectivity index (χ2n) is 6.95. The molecule has 6 heteroatoms. The maximum atomic E-state index is 14.1. The van der Waals surface area contributed by atoms with E-state index in [9.17, 15) is 8.78 Å². The van der Waals surface area contributed by atoms with Gasteiger partial charge in [0.15, 0.2) is 0 Å². The van der Waals surface area contributed by atoms with Crippen LogP contribution >= 0.6 is 12.2 Å². The molecule has 0 unspecified atom stereocenters. The lowest BCUT2D eigenvalue weighted by Crippen LogP contribution is -2.49. The van der Waals surface area contributed by atoms with Crippen LogP contribution in [0.5, 0.6) is 5.75 Å². The molecule has 0 fully saturated rings. The van der Waals surface area contributed by atoms with Crippen molar-refractivity contribution in [1.82, 2.24) is 5.32 Å². The van der Waals surface area contributed by atoms with Crippen LogP contribution in [-0.4, -0.2) is 4.99 Å². The van der Waals surface area contributed by atoms with Crippen molar-refractivity contribution in [1.29, 1.82) is 0 Å². The van der Waals surface area contributed by atoms with E-state index in [1.54, 1.807) is 12.1 Å². The van der Waals surface area contributed by atoms with Crippen LogP contribution in [0.4, 0.5) is 14.5 Å². The largest absolute Gasteiger partial charge is 0.440 e. The minimum atomic E-state index is -0.369. The van der Waals surface area contributed by atoms with E-state index in [-0.39, 0.29) is 17.8 Å². The van der Waals surface area contributed by atoms with Crippen molar-refractivity contribution in [3.63, 3.8) is 0 Å². The number of ether oxygens (including phenoxy) is 1. The Bertz CT molecular complexity index is 1150. The number of hydrogen-bond acceptors (Lipinski definition) is 3. The molecular formula is C23H16F2N2OS. The molecule has 0 radical (unpaired) electrons. The summed E-state index contributed by atoms with van der Waals surface area (Å²) >= 11 is 5.63. The van der Waals surface area contributed by atoms with Crippen molar-refractivity contribution in [3.05, 3.63) is 107 Å². The number of rotatable bonds is 2. The number of fused-ring (bicyclic) bond motifs is 1. The van der Waals surface area contributed by atoms with Gasteiger partial charge in [0.2, 0.25) is 5.88 Å². The number of nitrogens with one attached hydrogen (secondary N) is 1. The van der Waals surface area contributed by atoms with Crippen LogP contribution < -0.4 is 15.0 Å². The lowest BCUT2D eigenvalue weighted by molar-refractivity contribution is 0.358. The van der Waals surface area contributed by atoms with E-state index < -0.39 is 0 Å². The molecule has 0 amide bonds. The van der Waals surface area contributed by atoms with Gasteiger partial charge in [0.05, 0.1) is 5.57 Å². The lowest BCUT2D eigenvalue weighted by atomic mass is 9.98. The molecule has 2 aliphatic heterocycles. The van der Waals surface area contributed by atoms with Crippen LogP contribution in [0, 0.1) is 11.6 Å². The standard InChI is InChI=1S/C23H16F2N2OS/c24-16-7-4-8-18(13-16)27-21(14-5-2-1-3-6-14)26-22(29)19-12-15-11-17(25)9-10-20(15)28-23(19)27/h1-11,13,21H,12H2,(H,26,29)/t21-/m1/s1. The van der Waals surface area contributed by atoms with Gasteiger partial charge < -0.3 is 10.1 Å². The van der Waals surface area contributed by atoms with Gasteiger partial charge in [-0.3, -0.25) is 4.90 Å². The molecule has 29 heavy (non-hydrogen) atoms. The minimum Gasteiger partial charge on any atom is -0.440 e. The summed E-state index contributed by atoms with van der Waals surface area (Å²) in [6.07, 6.45) is 0.0629. The highest BCUT2D eigenvalue weighted by molar-refractivity contribution is 7.80. The number of nitrogens with zero attached hydrogens (tertiary/aromatic N) is 1. The van der Waals surface area contributed by atoms with E-state index in [2.05, 4.69) is 5.32 Å². The van der Waals surface area contributed by atoms with Crippen molar-refractivity contribution in [2.45, 2.75) is 12.6 Å². The van der Waals surface area contributed by atoms with Gasteiger partial charge in [-0.1, -0.05) is 48.6 Å². The molecule has 3 nitrogen and oxygen atoms in total. The molecule has 3 aromatic carbocycles. The zero-order chi connectivity index (χ0) is 20.0. The fourth-order valence-electron chi connectivity index (χ4n) is 3.74. The first-order valence-corrected chi connectivity index (χ1v) is 9.61. The molecule has 2 heterocycles. The topological polar surface area (TPSA) is 24.5 Å². The highest BCUT2D eigenvalue weighted by Gasteiger charge is 2.37. The van der Waals surface area contributed by atoms with Gasteiger partial charge in [0.25, 0.3) is 0 Å². The highest BCUT2D eigenvalue weighted by atomic mass is 32.1. The second-order valence-corrected chi connectivity index (χ2v) is 7.36. The van der Waals surface area contributed by atoms with Crippen LogP contribution in [0.2, 0.25) is 0 Å². The molecule has 1 atom stereocenters. The Balaban J connectivity index is 1.67. The molecule has 5 rings (SSSR count). The van der Waals surface area contributed by atoms with Gasteiger partial charge in [0.1, 0.15) is 28.5 Å². The molecule has 0 saturated carbocycles. The Hall–Kier alpha value is -3.25. The Labute approximate surface area is 172 Å². The normalized spacial score (nSPS) is 17.9. The van der Waals surface area contributed by atoms with E-state index in [0.29, 0.717) is 28.7 Å². The van der Waals surface area contributed by atoms with E-state index in [0.717, 1.165) is 16.7 Å². The number of hydrogen-bond donors (Lipinski definition) is 1. The van der Waals surface area contributed by atoms with Crippen molar-refractivity contribution in [2.75, 3.05) is 4.90 Å². The first-order chi connectivity index (χ1) is 14.1. The highest BCUT2D eigenvalue weighted by Crippen LogP contribution is 2.40. The Morgan fingerprint density at radius 3 is 2.52 bits per heavy atom. The maximum absolute atomic E-state index is 14.1. The summed E-state index contributed by atoms with van der Waals surface area (Å²) in [4.78, 5) is 2.44. The van der Waals surface area contributed by atoms with Gasteiger partial charge in [-0.2, -0.15) is 0 Å². The average Bonchev–Trinajstić information content (AvgIpc) is 2.73. The fourth-order valence-corrected chi connectivity index (χ4v) is 4.01. The monoisotopic (exact) mass is 406 g/mol. The quantitative estimate of drug-likeness (QED) is 0.588. The molecule has 0 aliphatic carbocycles. The van der Waals surface area contributed by atoms with Crippen LogP contribution in [0.15, 0.2) is 84.3 Å². The van der Waals surface area contributed by atoms with Crippen LogP contribution in [-0.2, 0) is 6.42 Å². The summed E-state index contributed by atoms with van der Waals surface area (Å²) in [5.41, 5.74) is 3.06. The lowest BCUT2D eigenvalue weighted by Gasteiger charge is -2.42. The zero-order valence-electron chi connectivity index (χ0n) is 15.2. The SMILES string of the molecule is Fc1cccc(N2C3=C(Cc4cc(F)ccc4O3)C(=S)N[C@H]2c2ccccc2)c1. The number of anilines is 1. The van der Waals surface area contributed by atoms with E-state index in [4.69, 9.17) is 17.0 Å². The zero-order valence-corrected chi connectivity index (χ0v) is 16.0. The molecule has 1 N–H and O–H groups in total. The Morgan fingerprint density at radius 2 is 1.72 bits per heavy atom. The Morgan fingerprint density at radius 1 is 0.931 bits per heavy atom. The first kappa shape index (κ1) is 17.8. The second kappa shape index (κ2) is 6.97. The number of benzene rings is 3. The van der Waals surface area contributed by atoms with E-state index in [1.807, 2.05) is 41.3 Å². The summed E-state index contributed by atoms with van der Waals surface area (Å²) in [6, 6.07) is 20.5. The average molecular weight is 406 g/mol. The number of halogens is 2. The van der Waals surface area contributed by atoms with Gasteiger partial charge in [-0.25, -0.2) is 8.78 Å². The third kappa shape index (κ3) is 3.15. The van der Waals surface area contributed by atoms with Crippen molar-refractivity contribution in [2.24, 2.45) is 0 Å². The van der Waals surface area contributed by atoms with Crippen LogP contribution in [0.25, 0.3) is 0 Å². The summed E-state index contributed by atoms with van der Waals surface area (Å²) < 4.78 is 34.0. The number of thiocarbonyl (C=S) groups is 1. The summed E-state index contributed by atoms with van der Waals surface area (Å²) in [7, 11) is 0. The first-order valence-electron chi connectivity index (χ1n) is 9.20. The molecule has 2 aliphatic rings. The molecule has 0 spiro atoms. The molecular weight excluding hydrogens is 390 g/mol. The maximum Gasteiger partial charge on any atom is 0.208 e. The van der Waals surface area contributed by atoms with Crippen molar-refractivity contribution in [3.8, 4) is 5.75 Å². The fraction of sp³-hybridized carbons (Fsp3) is 0.0870. The van der Waals surface area contributed by atoms with Gasteiger partial charge in [-0.05, 0) is 42.0 Å². The molecule has 0 saturated heterocycles. The van der Waals surface area contributed by atoms with Gasteiger partial charge in [-0.15, -0.1) is 0 Å². The molecule has 3 aromatic rings. The predicted molar refractivity (Wildman–Crippen MR) is 112 cm³/mol. The molecule has 0 bridgehead atoms. The van der Waals surface area contributed by atoms with Crippen LogP contribution in [0.1, 0.15) is 17.3 Å². The predicted octanol–water partition coefficient (Wildman–Crippen LogP) is 5.25. The van der Waals surface area contributed by atoms with E-state index in [1.165, 1.54) is 24.3 Å². The van der Waals surface area contributed by atoms with Gasteiger partial charge in [0, 0.05) is 17.7 Å². The Kier molecular flexibility index (Phi) is 4.28. The van der Waals surface area contributed by atoms with Crippen molar-refractivity contribution < 1.29 is 13.5 Å². The third-order valence-electron chi connectivity index (χ3n) is 5.08. The van der Waals surface area contributed by atoms with Gasteiger partial charge >= 0.3 is 0 Å². The smallest absolute Gasteiger partial charge is 0.208 e. The summed E-state index contributed by atoms with van der Waals surface area (Å²) in [5, 5.41) is 3.35. The van der Waals surface area contributed by atoms with Crippen LogP contribution in [0.3, 0.4) is 0 Å². The van der Waals surface area contributed by atoms with Crippen molar-refractivity contribution >= 4 is 22.9 Å². The summed E-state index contributed by atoms with van der Waals surface area (Å²) in [6.45, 7) is 0. The minimum absolute atomic E-state index is 0.324. The molecule has 144 valence electrons.